The van der Waals surface area contributed by atoms with E-state index in [9.17, 15) is 8.42 Å². The molecule has 1 rings (SSSR count). The topological polar surface area (TPSA) is 57.6 Å². The number of sulfone groups is 1. The van der Waals surface area contributed by atoms with Crippen LogP contribution >= 0.6 is 0 Å². The summed E-state index contributed by atoms with van der Waals surface area (Å²) in [6.07, 6.45) is 1.60. The molecule has 16 heavy (non-hydrogen) atoms. The van der Waals surface area contributed by atoms with Gasteiger partial charge in [-0.25, -0.2) is 8.42 Å². The third-order valence-corrected chi connectivity index (χ3v) is 5.44. The molecule has 0 saturated heterocycles. The lowest BCUT2D eigenvalue weighted by molar-refractivity contribution is 0.0291. The Hall–Kier alpha value is -0.130. The molecule has 0 aromatic heterocycles. The fraction of sp³-hybridized carbons (Fsp3) is 1.00. The smallest absolute Gasteiger partial charge is 0.153 e. The van der Waals surface area contributed by atoms with Gasteiger partial charge in [-0.3, -0.25) is 0 Å². The van der Waals surface area contributed by atoms with E-state index in [0.29, 0.717) is 12.5 Å². The second-order valence-corrected chi connectivity index (χ2v) is 7.85. The van der Waals surface area contributed by atoms with E-state index in [2.05, 4.69) is 4.90 Å². The van der Waals surface area contributed by atoms with Gasteiger partial charge >= 0.3 is 0 Å². The van der Waals surface area contributed by atoms with Crippen LogP contribution in [-0.4, -0.2) is 55.7 Å². The molecule has 1 N–H and O–H groups in total. The second-order valence-electron chi connectivity index (χ2n) is 5.17. The summed E-state index contributed by atoms with van der Waals surface area (Å²) in [4.78, 5) is 2.05. The number of aliphatic hydroxyl groups excluding tert-OH is 1. The number of nitrogens with zero attached hydrogens (tertiary/aromatic N) is 1. The molecule has 1 fully saturated rings. The Balaban J connectivity index is 2.22. The van der Waals surface area contributed by atoms with Gasteiger partial charge in [0.1, 0.15) is 0 Å². The highest BCUT2D eigenvalue weighted by Crippen LogP contribution is 2.27. The van der Waals surface area contributed by atoms with Gasteiger partial charge in [-0.05, 0) is 39.7 Å². The highest BCUT2D eigenvalue weighted by molar-refractivity contribution is 7.92. The lowest BCUT2D eigenvalue weighted by Crippen LogP contribution is -2.39. The molecule has 1 aliphatic rings. The van der Waals surface area contributed by atoms with Crippen LogP contribution in [0.4, 0.5) is 0 Å². The number of hydrogen-bond acceptors (Lipinski definition) is 4. The molecule has 0 radical (unpaired) electrons. The maximum Gasteiger partial charge on any atom is 0.153 e. The predicted octanol–water partition coefficient (Wildman–Crippen LogP) is 0.512. The van der Waals surface area contributed by atoms with E-state index in [0.717, 1.165) is 19.4 Å². The Labute approximate surface area is 98.6 Å². The molecule has 0 aliphatic heterocycles. The van der Waals surface area contributed by atoms with E-state index in [-0.39, 0.29) is 17.1 Å². The molecule has 0 amide bonds. The predicted molar refractivity (Wildman–Crippen MR) is 65.2 cm³/mol. The Morgan fingerprint density at radius 3 is 2.38 bits per heavy atom. The van der Waals surface area contributed by atoms with Crippen LogP contribution in [0, 0.1) is 5.92 Å². The second kappa shape index (κ2) is 5.47. The van der Waals surface area contributed by atoms with Gasteiger partial charge in [0, 0.05) is 13.1 Å². The van der Waals surface area contributed by atoms with Gasteiger partial charge < -0.3 is 10.0 Å². The van der Waals surface area contributed by atoms with Gasteiger partial charge in [-0.1, -0.05) is 0 Å². The molecule has 5 heteroatoms. The quantitative estimate of drug-likeness (QED) is 0.745. The molecule has 0 aromatic carbocycles. The largest absolute Gasteiger partial charge is 0.393 e. The summed E-state index contributed by atoms with van der Waals surface area (Å²) in [5.41, 5.74) is 0. The minimum atomic E-state index is -2.92. The molecule has 1 saturated carbocycles. The summed E-state index contributed by atoms with van der Waals surface area (Å²) in [6.45, 7) is 4.92. The molecule has 0 aromatic rings. The van der Waals surface area contributed by atoms with Crippen molar-refractivity contribution in [3.8, 4) is 0 Å². The van der Waals surface area contributed by atoms with E-state index >= 15 is 0 Å². The lowest BCUT2D eigenvalue weighted by atomic mass is 9.82. The van der Waals surface area contributed by atoms with E-state index in [1.54, 1.807) is 13.8 Å². The minimum Gasteiger partial charge on any atom is -0.393 e. The third-order valence-electron chi connectivity index (χ3n) is 3.26. The Morgan fingerprint density at radius 2 is 1.94 bits per heavy atom. The van der Waals surface area contributed by atoms with Crippen LogP contribution in [0.5, 0.6) is 0 Å². The maximum absolute atomic E-state index is 11.6. The van der Waals surface area contributed by atoms with Crippen molar-refractivity contribution in [1.29, 1.82) is 0 Å². The van der Waals surface area contributed by atoms with Gasteiger partial charge in [0.2, 0.25) is 0 Å². The standard InChI is InChI=1S/C11H23NO3S/c1-9(2)16(14,15)5-4-12(3)8-10-6-11(13)7-10/h9-11,13H,4-8H2,1-3H3. The highest BCUT2D eigenvalue weighted by Gasteiger charge is 2.28. The van der Waals surface area contributed by atoms with Crippen LogP contribution in [0.25, 0.3) is 0 Å². The van der Waals surface area contributed by atoms with E-state index in [1.165, 1.54) is 0 Å². The van der Waals surface area contributed by atoms with E-state index in [1.807, 2.05) is 7.05 Å². The van der Waals surface area contributed by atoms with E-state index < -0.39 is 9.84 Å². The normalized spacial score (nSPS) is 26.1. The van der Waals surface area contributed by atoms with Gasteiger partial charge in [-0.2, -0.15) is 0 Å². The number of hydrogen-bond donors (Lipinski definition) is 1. The summed E-state index contributed by atoms with van der Waals surface area (Å²) < 4.78 is 23.2. The molecular formula is C11H23NO3S. The molecule has 0 atom stereocenters. The molecule has 0 spiro atoms. The molecule has 1 aliphatic carbocycles. The van der Waals surface area contributed by atoms with Crippen LogP contribution in [-0.2, 0) is 9.84 Å². The Morgan fingerprint density at radius 1 is 1.38 bits per heavy atom. The molecule has 0 unspecified atom stereocenters. The summed E-state index contributed by atoms with van der Waals surface area (Å²) in [7, 11) is -0.975. The van der Waals surface area contributed by atoms with Crippen LogP contribution in [0.15, 0.2) is 0 Å². The van der Waals surface area contributed by atoms with Crippen LogP contribution in [0.3, 0.4) is 0 Å². The van der Waals surface area contributed by atoms with Crippen LogP contribution in [0.1, 0.15) is 26.7 Å². The first kappa shape index (κ1) is 13.9. The van der Waals surface area contributed by atoms with Crippen LogP contribution < -0.4 is 0 Å². The van der Waals surface area contributed by atoms with Gasteiger partial charge in [0.05, 0.1) is 17.1 Å². The van der Waals surface area contributed by atoms with Crippen molar-refractivity contribution >= 4 is 9.84 Å². The third kappa shape index (κ3) is 4.03. The van der Waals surface area contributed by atoms with Crippen molar-refractivity contribution in [2.75, 3.05) is 25.9 Å². The zero-order valence-electron chi connectivity index (χ0n) is 10.4. The van der Waals surface area contributed by atoms with Gasteiger partial charge in [0.15, 0.2) is 9.84 Å². The van der Waals surface area contributed by atoms with Crippen molar-refractivity contribution in [2.45, 2.75) is 38.0 Å². The average molecular weight is 249 g/mol. The number of aliphatic hydroxyl groups is 1. The van der Waals surface area contributed by atoms with Crippen molar-refractivity contribution < 1.29 is 13.5 Å². The van der Waals surface area contributed by atoms with Gasteiger partial charge in [0.25, 0.3) is 0 Å². The first-order valence-electron chi connectivity index (χ1n) is 5.89. The Kier molecular flexibility index (Phi) is 4.76. The lowest BCUT2D eigenvalue weighted by Gasteiger charge is -2.34. The van der Waals surface area contributed by atoms with Crippen LogP contribution in [0.2, 0.25) is 0 Å². The first-order valence-corrected chi connectivity index (χ1v) is 7.61. The fourth-order valence-corrected chi connectivity index (χ4v) is 2.94. The molecule has 96 valence electrons. The molecule has 4 nitrogen and oxygen atoms in total. The van der Waals surface area contributed by atoms with Crippen molar-refractivity contribution in [1.82, 2.24) is 4.90 Å². The van der Waals surface area contributed by atoms with Gasteiger partial charge in [-0.15, -0.1) is 0 Å². The van der Waals surface area contributed by atoms with Crippen molar-refractivity contribution in [3.05, 3.63) is 0 Å². The first-order chi connectivity index (χ1) is 7.31. The zero-order chi connectivity index (χ0) is 12.3. The zero-order valence-corrected chi connectivity index (χ0v) is 11.2. The summed E-state index contributed by atoms with van der Waals surface area (Å²) in [6, 6.07) is 0. The summed E-state index contributed by atoms with van der Waals surface area (Å²) in [5.74, 6) is 0.776. The molecule has 0 bridgehead atoms. The number of rotatable bonds is 6. The van der Waals surface area contributed by atoms with Crippen molar-refractivity contribution in [2.24, 2.45) is 5.92 Å². The average Bonchev–Trinajstić information content (AvgIpc) is 2.12. The SMILES string of the molecule is CC(C)S(=O)(=O)CCN(C)CC1CC(O)C1. The maximum atomic E-state index is 11.6. The van der Waals surface area contributed by atoms with E-state index in [4.69, 9.17) is 5.11 Å². The van der Waals surface area contributed by atoms with Crippen molar-refractivity contribution in [3.63, 3.8) is 0 Å². The monoisotopic (exact) mass is 249 g/mol. The molecular weight excluding hydrogens is 226 g/mol. The molecule has 0 heterocycles. The summed E-state index contributed by atoms with van der Waals surface area (Å²) in [5, 5.41) is 8.86. The highest BCUT2D eigenvalue weighted by atomic mass is 32.2. The Bertz CT molecular complexity index is 307. The fourth-order valence-electron chi connectivity index (χ4n) is 1.90. The summed E-state index contributed by atoms with van der Waals surface area (Å²) >= 11 is 0. The minimum absolute atomic E-state index is 0.127.